The molecule has 3 aromatic rings. The van der Waals surface area contributed by atoms with Crippen LogP contribution < -0.4 is 0 Å². The van der Waals surface area contributed by atoms with Crippen LogP contribution in [0.5, 0.6) is 0 Å². The van der Waals surface area contributed by atoms with Crippen molar-refractivity contribution in [2.45, 2.75) is 44.6 Å². The third kappa shape index (κ3) is 2.63. The summed E-state index contributed by atoms with van der Waals surface area (Å²) < 4.78 is 2.40. The van der Waals surface area contributed by atoms with Gasteiger partial charge >= 0.3 is 0 Å². The third-order valence-corrected chi connectivity index (χ3v) is 5.60. The van der Waals surface area contributed by atoms with Crippen LogP contribution in [0.25, 0.3) is 11.1 Å². The smallest absolute Gasteiger partial charge is 0.0991 e. The van der Waals surface area contributed by atoms with Crippen molar-refractivity contribution >= 4 is 0 Å². The molecular weight excluding hydrogens is 318 g/mol. The van der Waals surface area contributed by atoms with E-state index in [4.69, 9.17) is 0 Å². The number of aromatic nitrogens is 2. The van der Waals surface area contributed by atoms with Gasteiger partial charge in [-0.3, -0.25) is 0 Å². The Kier molecular flexibility index (Phi) is 4.34. The molecule has 1 unspecified atom stereocenters. The molecule has 0 spiro atoms. The second kappa shape index (κ2) is 6.80. The number of benzene rings is 2. The minimum atomic E-state index is -0.0853. The van der Waals surface area contributed by atoms with Crippen molar-refractivity contribution in [2.24, 2.45) is 0 Å². The van der Waals surface area contributed by atoms with Crippen molar-refractivity contribution in [2.75, 3.05) is 0 Å². The van der Waals surface area contributed by atoms with Crippen molar-refractivity contribution in [1.82, 2.24) is 9.55 Å². The number of hydrogen-bond donors (Lipinski definition) is 0. The van der Waals surface area contributed by atoms with Gasteiger partial charge in [0.1, 0.15) is 0 Å². The minimum Gasteiger partial charge on any atom is -0.324 e. The van der Waals surface area contributed by atoms with E-state index in [2.05, 4.69) is 52.9 Å². The molecule has 0 bridgehead atoms. The van der Waals surface area contributed by atoms with E-state index in [0.29, 0.717) is 5.56 Å². The summed E-state index contributed by atoms with van der Waals surface area (Å²) in [6, 6.07) is 18.9. The molecule has 2 heterocycles. The summed E-state index contributed by atoms with van der Waals surface area (Å²) in [5.74, 6) is 0. The SMILES string of the molecule is CCCC1(c2ccc(C#N)cc2-c2ccccc2)CCCc2cncn21. The fourth-order valence-electron chi connectivity index (χ4n) is 4.51. The van der Waals surface area contributed by atoms with Crippen molar-refractivity contribution in [3.8, 4) is 17.2 Å². The summed E-state index contributed by atoms with van der Waals surface area (Å²) in [4.78, 5) is 4.45. The van der Waals surface area contributed by atoms with Crippen molar-refractivity contribution in [1.29, 1.82) is 5.26 Å². The number of nitrogens with zero attached hydrogens (tertiary/aromatic N) is 3. The Hall–Kier alpha value is -2.86. The third-order valence-electron chi connectivity index (χ3n) is 5.60. The topological polar surface area (TPSA) is 41.6 Å². The molecule has 130 valence electrons. The maximum Gasteiger partial charge on any atom is 0.0991 e. The lowest BCUT2D eigenvalue weighted by molar-refractivity contribution is 0.261. The number of imidazole rings is 1. The first-order valence-electron chi connectivity index (χ1n) is 9.40. The Labute approximate surface area is 154 Å². The Morgan fingerprint density at radius 3 is 2.81 bits per heavy atom. The summed E-state index contributed by atoms with van der Waals surface area (Å²) >= 11 is 0. The van der Waals surface area contributed by atoms with Crippen LogP contribution in [0.2, 0.25) is 0 Å². The van der Waals surface area contributed by atoms with E-state index in [9.17, 15) is 5.26 Å². The van der Waals surface area contributed by atoms with Gasteiger partial charge in [0.15, 0.2) is 0 Å². The van der Waals surface area contributed by atoms with E-state index in [1.54, 1.807) is 0 Å². The van der Waals surface area contributed by atoms with E-state index in [1.807, 2.05) is 30.7 Å². The van der Waals surface area contributed by atoms with E-state index >= 15 is 0 Å². The average molecular weight is 341 g/mol. The molecule has 2 aromatic carbocycles. The van der Waals surface area contributed by atoms with Gasteiger partial charge in [0.05, 0.1) is 23.5 Å². The fourth-order valence-corrected chi connectivity index (χ4v) is 4.51. The number of hydrogen-bond acceptors (Lipinski definition) is 2. The molecule has 3 heteroatoms. The van der Waals surface area contributed by atoms with E-state index < -0.39 is 0 Å². The first kappa shape index (κ1) is 16.6. The lowest BCUT2D eigenvalue weighted by Gasteiger charge is -2.41. The summed E-state index contributed by atoms with van der Waals surface area (Å²) in [7, 11) is 0. The molecule has 0 aliphatic carbocycles. The maximum atomic E-state index is 9.44. The van der Waals surface area contributed by atoms with Crippen LogP contribution in [-0.2, 0) is 12.0 Å². The molecule has 1 aliphatic rings. The zero-order chi connectivity index (χ0) is 18.0. The van der Waals surface area contributed by atoms with E-state index in [1.165, 1.54) is 28.8 Å². The summed E-state index contributed by atoms with van der Waals surface area (Å²) in [6.45, 7) is 2.25. The zero-order valence-electron chi connectivity index (χ0n) is 15.2. The number of aryl methyl sites for hydroxylation is 1. The van der Waals surface area contributed by atoms with Crippen LogP contribution in [0.15, 0.2) is 61.1 Å². The van der Waals surface area contributed by atoms with Gasteiger partial charge in [0, 0.05) is 11.9 Å². The predicted molar refractivity (Wildman–Crippen MR) is 104 cm³/mol. The Morgan fingerprint density at radius 1 is 1.19 bits per heavy atom. The number of nitriles is 1. The largest absolute Gasteiger partial charge is 0.324 e. The highest BCUT2D eigenvalue weighted by atomic mass is 15.1. The van der Waals surface area contributed by atoms with Gasteiger partial charge < -0.3 is 4.57 Å². The standard InChI is InChI=1S/C23H23N3/c1-2-12-23(13-6-9-20-16-25-17-26(20)23)22-11-10-18(15-24)14-21(22)19-7-4-3-5-8-19/h3-5,7-8,10-11,14,16-17H,2,6,9,12-13H2,1H3. The van der Waals surface area contributed by atoms with Crippen LogP contribution in [0.3, 0.4) is 0 Å². The highest BCUT2D eigenvalue weighted by Gasteiger charge is 2.38. The molecule has 0 saturated heterocycles. The van der Waals surface area contributed by atoms with Crippen LogP contribution in [0, 0.1) is 11.3 Å². The Balaban J connectivity index is 1.99. The summed E-state index contributed by atoms with van der Waals surface area (Å²) in [6.07, 6.45) is 9.54. The van der Waals surface area contributed by atoms with Gasteiger partial charge in [-0.25, -0.2) is 4.98 Å². The minimum absolute atomic E-state index is 0.0853. The lowest BCUT2D eigenvalue weighted by atomic mass is 9.75. The zero-order valence-corrected chi connectivity index (χ0v) is 15.2. The number of fused-ring (bicyclic) bond motifs is 1. The average Bonchev–Trinajstić information content (AvgIpc) is 3.18. The molecule has 0 radical (unpaired) electrons. The van der Waals surface area contributed by atoms with Crippen LogP contribution in [0.4, 0.5) is 0 Å². The molecule has 1 atom stereocenters. The Morgan fingerprint density at radius 2 is 2.04 bits per heavy atom. The quantitative estimate of drug-likeness (QED) is 0.646. The normalized spacial score (nSPS) is 18.9. The highest BCUT2D eigenvalue weighted by Crippen LogP contribution is 2.44. The van der Waals surface area contributed by atoms with Crippen molar-refractivity contribution < 1.29 is 0 Å². The molecule has 0 N–H and O–H groups in total. The van der Waals surface area contributed by atoms with Crippen molar-refractivity contribution in [3.63, 3.8) is 0 Å². The van der Waals surface area contributed by atoms with Crippen LogP contribution >= 0.6 is 0 Å². The Bertz CT molecular complexity index is 949. The molecule has 4 rings (SSSR count). The van der Waals surface area contributed by atoms with E-state index in [-0.39, 0.29) is 5.54 Å². The van der Waals surface area contributed by atoms with Gasteiger partial charge in [0.2, 0.25) is 0 Å². The second-order valence-corrected chi connectivity index (χ2v) is 7.13. The van der Waals surface area contributed by atoms with E-state index in [0.717, 1.165) is 25.7 Å². The van der Waals surface area contributed by atoms with Gasteiger partial charge in [-0.05, 0) is 54.5 Å². The molecule has 3 nitrogen and oxygen atoms in total. The first-order valence-corrected chi connectivity index (χ1v) is 9.40. The highest BCUT2D eigenvalue weighted by molar-refractivity contribution is 5.70. The molecule has 26 heavy (non-hydrogen) atoms. The predicted octanol–water partition coefficient (Wildman–Crippen LogP) is 5.30. The lowest BCUT2D eigenvalue weighted by Crippen LogP contribution is -2.39. The van der Waals surface area contributed by atoms with Crippen LogP contribution in [-0.4, -0.2) is 9.55 Å². The van der Waals surface area contributed by atoms with Gasteiger partial charge in [0.25, 0.3) is 0 Å². The molecule has 1 aromatic heterocycles. The molecule has 0 amide bonds. The van der Waals surface area contributed by atoms with Gasteiger partial charge in [-0.1, -0.05) is 49.7 Å². The fraction of sp³-hybridized carbons (Fsp3) is 0.304. The van der Waals surface area contributed by atoms with Crippen molar-refractivity contribution in [3.05, 3.63) is 77.9 Å². The molecule has 1 aliphatic heterocycles. The molecule has 0 fully saturated rings. The summed E-state index contributed by atoms with van der Waals surface area (Å²) in [5.41, 5.74) is 5.58. The molecule has 0 saturated carbocycles. The monoisotopic (exact) mass is 341 g/mol. The maximum absolute atomic E-state index is 9.44. The molecular formula is C23H23N3. The van der Waals surface area contributed by atoms with Gasteiger partial charge in [-0.15, -0.1) is 0 Å². The van der Waals surface area contributed by atoms with Crippen LogP contribution in [0.1, 0.15) is 49.4 Å². The first-order chi connectivity index (χ1) is 12.8. The van der Waals surface area contributed by atoms with Gasteiger partial charge in [-0.2, -0.15) is 5.26 Å². The summed E-state index contributed by atoms with van der Waals surface area (Å²) in [5, 5.41) is 9.44. The number of rotatable bonds is 4. The second-order valence-electron chi connectivity index (χ2n) is 7.13.